The fraction of sp³-hybridized carbons (Fsp3) is 0.143. The number of hydrogen-bond donors (Lipinski definition) is 1. The summed E-state index contributed by atoms with van der Waals surface area (Å²) in [6, 6.07) is 5.75. The molecule has 1 amide bonds. The standard InChI is InChI=1S/C14H9F4N2O2/c1-22-11-5-8(4-10(15)7-11)13(21)20-12-6-9(2-3-19-12)14(16,17)18/h2-6H,1H3,(H,19,20,21). The molecule has 0 saturated heterocycles. The lowest BCUT2D eigenvalue weighted by Crippen LogP contribution is -2.14. The topological polar surface area (TPSA) is 51.2 Å². The van der Waals surface area contributed by atoms with Gasteiger partial charge in [-0.3, -0.25) is 4.79 Å². The number of carbonyl (C=O) groups excluding carboxylic acids is 1. The number of halogens is 4. The average molecular weight is 313 g/mol. The predicted octanol–water partition coefficient (Wildman–Crippen LogP) is 3.30. The van der Waals surface area contributed by atoms with E-state index in [9.17, 15) is 22.4 Å². The van der Waals surface area contributed by atoms with Gasteiger partial charge in [0.2, 0.25) is 0 Å². The van der Waals surface area contributed by atoms with Crippen LogP contribution in [0.4, 0.5) is 23.4 Å². The number of amides is 1. The second-order valence-corrected chi connectivity index (χ2v) is 4.17. The number of hydrogen-bond acceptors (Lipinski definition) is 3. The number of benzene rings is 1. The van der Waals surface area contributed by atoms with Crippen LogP contribution in [-0.4, -0.2) is 18.0 Å². The van der Waals surface area contributed by atoms with Crippen LogP contribution in [0.2, 0.25) is 0 Å². The van der Waals surface area contributed by atoms with Crippen molar-refractivity contribution in [2.45, 2.75) is 6.18 Å². The Morgan fingerprint density at radius 3 is 2.68 bits per heavy atom. The Labute approximate surface area is 122 Å². The fourth-order valence-electron chi connectivity index (χ4n) is 1.61. The molecule has 1 radical (unpaired) electrons. The van der Waals surface area contributed by atoms with E-state index < -0.39 is 23.5 Å². The number of anilines is 1. The molecule has 0 fully saturated rings. The molecule has 22 heavy (non-hydrogen) atoms. The molecule has 4 nitrogen and oxygen atoms in total. The van der Waals surface area contributed by atoms with Crippen molar-refractivity contribution < 1.29 is 27.1 Å². The summed E-state index contributed by atoms with van der Waals surface area (Å²) >= 11 is 0. The first-order chi connectivity index (χ1) is 10.3. The van der Waals surface area contributed by atoms with Crippen LogP contribution in [0.1, 0.15) is 15.9 Å². The third-order valence-electron chi connectivity index (χ3n) is 2.62. The van der Waals surface area contributed by atoms with E-state index >= 15 is 0 Å². The first-order valence-electron chi connectivity index (χ1n) is 5.91. The molecule has 0 bridgehead atoms. The zero-order chi connectivity index (χ0) is 16.3. The summed E-state index contributed by atoms with van der Waals surface area (Å²) < 4.78 is 55.7. The highest BCUT2D eigenvalue weighted by atomic mass is 19.4. The SMILES string of the molecule is COc1[c]c(F)cc(C(=O)Nc2cc(C(F)(F)F)ccn2)c1. The maximum absolute atomic E-state index is 13.3. The van der Waals surface area contributed by atoms with Crippen LogP contribution < -0.4 is 10.1 Å². The number of methoxy groups -OCH3 is 1. The molecule has 0 unspecified atom stereocenters. The van der Waals surface area contributed by atoms with E-state index in [-0.39, 0.29) is 17.1 Å². The number of alkyl halides is 3. The number of ether oxygens (including phenoxy) is 1. The van der Waals surface area contributed by atoms with Crippen molar-refractivity contribution in [3.8, 4) is 5.75 Å². The Bertz CT molecular complexity index is 701. The fourth-order valence-corrected chi connectivity index (χ4v) is 1.61. The molecule has 0 atom stereocenters. The van der Waals surface area contributed by atoms with Crippen LogP contribution in [0.5, 0.6) is 5.75 Å². The molecule has 0 spiro atoms. The van der Waals surface area contributed by atoms with Gasteiger partial charge in [-0.2, -0.15) is 13.2 Å². The summed E-state index contributed by atoms with van der Waals surface area (Å²) in [5.41, 5.74) is -1.09. The lowest BCUT2D eigenvalue weighted by atomic mass is 10.2. The minimum atomic E-state index is -4.56. The minimum absolute atomic E-state index is 0.0119. The van der Waals surface area contributed by atoms with E-state index in [0.717, 1.165) is 18.3 Å². The Balaban J connectivity index is 2.24. The van der Waals surface area contributed by atoms with E-state index in [1.165, 1.54) is 13.2 Å². The van der Waals surface area contributed by atoms with Crippen LogP contribution in [0, 0.1) is 11.9 Å². The second-order valence-electron chi connectivity index (χ2n) is 4.17. The number of aromatic nitrogens is 1. The van der Waals surface area contributed by atoms with Gasteiger partial charge in [0.25, 0.3) is 5.91 Å². The normalized spacial score (nSPS) is 11.1. The molecule has 0 aliphatic rings. The Kier molecular flexibility index (Phi) is 4.30. The first-order valence-corrected chi connectivity index (χ1v) is 5.91. The van der Waals surface area contributed by atoms with Gasteiger partial charge in [-0.25, -0.2) is 9.37 Å². The van der Waals surface area contributed by atoms with Gasteiger partial charge in [0.15, 0.2) is 0 Å². The van der Waals surface area contributed by atoms with Crippen LogP contribution in [0.25, 0.3) is 0 Å². The van der Waals surface area contributed by atoms with Crippen molar-refractivity contribution >= 4 is 11.7 Å². The smallest absolute Gasteiger partial charge is 0.416 e. The maximum atomic E-state index is 13.3. The van der Waals surface area contributed by atoms with Crippen LogP contribution in [-0.2, 0) is 6.18 Å². The Hall–Kier alpha value is -2.64. The molecule has 0 saturated carbocycles. The van der Waals surface area contributed by atoms with E-state index in [4.69, 9.17) is 4.74 Å². The van der Waals surface area contributed by atoms with Crippen molar-refractivity contribution in [1.29, 1.82) is 0 Å². The van der Waals surface area contributed by atoms with Crippen molar-refractivity contribution in [2.24, 2.45) is 0 Å². The zero-order valence-corrected chi connectivity index (χ0v) is 11.2. The molecule has 0 aliphatic carbocycles. The minimum Gasteiger partial charge on any atom is -0.496 e. The lowest BCUT2D eigenvalue weighted by molar-refractivity contribution is -0.137. The summed E-state index contributed by atoms with van der Waals surface area (Å²) in [7, 11) is 1.27. The molecule has 2 rings (SSSR count). The molecule has 1 aromatic carbocycles. The van der Waals surface area contributed by atoms with Crippen LogP contribution >= 0.6 is 0 Å². The highest BCUT2D eigenvalue weighted by Gasteiger charge is 2.30. The van der Waals surface area contributed by atoms with Crippen LogP contribution in [0.15, 0.2) is 30.5 Å². The Morgan fingerprint density at radius 2 is 2.05 bits per heavy atom. The third-order valence-corrected chi connectivity index (χ3v) is 2.62. The molecule has 1 N–H and O–H groups in total. The third kappa shape index (κ3) is 3.72. The van der Waals surface area contributed by atoms with Crippen molar-refractivity contribution in [3.05, 3.63) is 53.5 Å². The Morgan fingerprint density at radius 1 is 1.32 bits per heavy atom. The van der Waals surface area contributed by atoms with E-state index in [1.54, 1.807) is 0 Å². The summed E-state index contributed by atoms with van der Waals surface area (Å²) in [6.45, 7) is 0. The van der Waals surface area contributed by atoms with Gasteiger partial charge < -0.3 is 10.1 Å². The van der Waals surface area contributed by atoms with Crippen molar-refractivity contribution in [3.63, 3.8) is 0 Å². The van der Waals surface area contributed by atoms with Gasteiger partial charge in [0.1, 0.15) is 17.4 Å². The van der Waals surface area contributed by atoms with Gasteiger partial charge in [-0.1, -0.05) is 0 Å². The van der Waals surface area contributed by atoms with Gasteiger partial charge in [0.05, 0.1) is 18.7 Å². The van der Waals surface area contributed by atoms with Crippen LogP contribution in [0.3, 0.4) is 0 Å². The number of nitrogens with zero attached hydrogens (tertiary/aromatic N) is 1. The number of nitrogens with one attached hydrogen (secondary N) is 1. The number of carbonyl (C=O) groups is 1. The summed E-state index contributed by atoms with van der Waals surface area (Å²) in [6.07, 6.45) is -3.64. The average Bonchev–Trinajstić information content (AvgIpc) is 2.46. The zero-order valence-electron chi connectivity index (χ0n) is 11.2. The van der Waals surface area contributed by atoms with E-state index in [1.807, 2.05) is 0 Å². The molecule has 1 aromatic heterocycles. The first kappa shape index (κ1) is 15.7. The number of rotatable bonds is 3. The largest absolute Gasteiger partial charge is 0.496 e. The molecular weight excluding hydrogens is 304 g/mol. The highest BCUT2D eigenvalue weighted by Crippen LogP contribution is 2.30. The summed E-state index contributed by atoms with van der Waals surface area (Å²) in [4.78, 5) is 15.5. The predicted molar refractivity (Wildman–Crippen MR) is 69.0 cm³/mol. The molecule has 2 aromatic rings. The van der Waals surface area contributed by atoms with E-state index in [0.29, 0.717) is 6.07 Å². The van der Waals surface area contributed by atoms with E-state index in [2.05, 4.69) is 16.4 Å². The highest BCUT2D eigenvalue weighted by molar-refractivity contribution is 6.04. The summed E-state index contributed by atoms with van der Waals surface area (Å²) in [5, 5.41) is 2.16. The van der Waals surface area contributed by atoms with Gasteiger partial charge in [0, 0.05) is 11.8 Å². The summed E-state index contributed by atoms with van der Waals surface area (Å²) in [5.74, 6) is -1.96. The van der Waals surface area contributed by atoms with Crippen molar-refractivity contribution in [2.75, 3.05) is 12.4 Å². The quantitative estimate of drug-likeness (QED) is 0.885. The van der Waals surface area contributed by atoms with Gasteiger partial charge in [-0.15, -0.1) is 0 Å². The molecule has 8 heteroatoms. The molecule has 115 valence electrons. The molecule has 0 aliphatic heterocycles. The molecular formula is C14H9F4N2O2. The lowest BCUT2D eigenvalue weighted by Gasteiger charge is -2.09. The van der Waals surface area contributed by atoms with Gasteiger partial charge in [-0.05, 0) is 24.3 Å². The molecule has 1 heterocycles. The maximum Gasteiger partial charge on any atom is 0.416 e. The van der Waals surface area contributed by atoms with Gasteiger partial charge >= 0.3 is 6.18 Å². The number of pyridine rings is 1. The monoisotopic (exact) mass is 313 g/mol. The van der Waals surface area contributed by atoms with Crippen molar-refractivity contribution in [1.82, 2.24) is 4.98 Å². The second kappa shape index (κ2) is 6.00.